The third-order valence-electron chi connectivity index (χ3n) is 5.53. The largest absolute Gasteiger partial charge is 0.378 e. The van der Waals surface area contributed by atoms with Gasteiger partial charge in [0, 0.05) is 59.0 Å². The Bertz CT molecular complexity index is 507. The first-order valence-corrected chi connectivity index (χ1v) is 11.3. The van der Waals surface area contributed by atoms with Gasteiger partial charge in [-0.05, 0) is 26.2 Å². The third kappa shape index (κ3) is 9.23. The van der Waals surface area contributed by atoms with Gasteiger partial charge in [-0.15, -0.1) is 24.0 Å². The standard InChI is InChI=1S/C21H41N5O3.HI/c1-5-22-21(23-8-7-19(18(3)4)29-6-2)26-11-9-24(10-12-26)17-20(27)25-13-15-28-16-14-25;/h18-19H,5-17H2,1-4H3,(H,22,23);1H. The Morgan fingerprint density at radius 1 is 1.07 bits per heavy atom. The number of halogens is 1. The SMILES string of the molecule is CCNC(=NCCC(OCC)C(C)C)N1CCN(CC(=O)N2CCOCC2)CC1.I. The van der Waals surface area contributed by atoms with Crippen LogP contribution in [0.4, 0.5) is 0 Å². The van der Waals surface area contributed by atoms with Crippen molar-refractivity contribution in [3.63, 3.8) is 0 Å². The highest BCUT2D eigenvalue weighted by atomic mass is 127. The summed E-state index contributed by atoms with van der Waals surface area (Å²) in [7, 11) is 0. The lowest BCUT2D eigenvalue weighted by atomic mass is 10.0. The van der Waals surface area contributed by atoms with Crippen LogP contribution in [0, 0.1) is 5.92 Å². The number of guanidine groups is 1. The molecule has 0 bridgehead atoms. The number of rotatable bonds is 9. The van der Waals surface area contributed by atoms with Gasteiger partial charge in [-0.25, -0.2) is 0 Å². The highest BCUT2D eigenvalue weighted by Crippen LogP contribution is 2.11. The number of nitrogens with zero attached hydrogens (tertiary/aromatic N) is 4. The zero-order valence-corrected chi connectivity index (χ0v) is 21.6. The lowest BCUT2D eigenvalue weighted by Gasteiger charge is -2.37. The summed E-state index contributed by atoms with van der Waals surface area (Å²) in [5, 5.41) is 3.42. The maximum atomic E-state index is 12.5. The van der Waals surface area contributed by atoms with Crippen LogP contribution in [0.3, 0.4) is 0 Å². The Kier molecular flexibility index (Phi) is 13.9. The highest BCUT2D eigenvalue weighted by molar-refractivity contribution is 14.0. The van der Waals surface area contributed by atoms with E-state index in [0.717, 1.165) is 71.3 Å². The normalized spacial score (nSPS) is 19.6. The summed E-state index contributed by atoms with van der Waals surface area (Å²) in [5.74, 6) is 1.70. The maximum Gasteiger partial charge on any atom is 0.236 e. The molecule has 0 aliphatic carbocycles. The summed E-state index contributed by atoms with van der Waals surface area (Å²) in [6.45, 7) is 17.7. The van der Waals surface area contributed by atoms with Crippen LogP contribution in [0.15, 0.2) is 4.99 Å². The fraction of sp³-hybridized carbons (Fsp3) is 0.905. The number of morpholine rings is 1. The Morgan fingerprint density at radius 2 is 1.73 bits per heavy atom. The van der Waals surface area contributed by atoms with E-state index in [4.69, 9.17) is 14.5 Å². The molecular formula is C21H42IN5O3. The summed E-state index contributed by atoms with van der Waals surface area (Å²) in [6, 6.07) is 0. The maximum absolute atomic E-state index is 12.5. The second kappa shape index (κ2) is 15.2. The van der Waals surface area contributed by atoms with Gasteiger partial charge in [0.15, 0.2) is 5.96 Å². The molecule has 2 aliphatic heterocycles. The number of hydrogen-bond donors (Lipinski definition) is 1. The van der Waals surface area contributed by atoms with E-state index in [1.165, 1.54) is 0 Å². The van der Waals surface area contributed by atoms with Crippen molar-refractivity contribution in [2.24, 2.45) is 10.9 Å². The fourth-order valence-electron chi connectivity index (χ4n) is 3.77. The van der Waals surface area contributed by atoms with Gasteiger partial charge in [0.1, 0.15) is 0 Å². The van der Waals surface area contributed by atoms with E-state index in [1.807, 2.05) is 11.8 Å². The molecule has 2 fully saturated rings. The lowest BCUT2D eigenvalue weighted by molar-refractivity contribution is -0.136. The first-order chi connectivity index (χ1) is 14.0. The molecule has 2 heterocycles. The van der Waals surface area contributed by atoms with Crippen molar-refractivity contribution in [3.05, 3.63) is 0 Å². The Balaban J connectivity index is 0.00000450. The molecule has 0 aromatic rings. The number of nitrogens with one attached hydrogen (secondary N) is 1. The van der Waals surface area contributed by atoms with E-state index in [0.29, 0.717) is 25.7 Å². The van der Waals surface area contributed by atoms with E-state index in [9.17, 15) is 4.79 Å². The van der Waals surface area contributed by atoms with Gasteiger partial charge in [0.05, 0.1) is 25.9 Å². The highest BCUT2D eigenvalue weighted by Gasteiger charge is 2.24. The summed E-state index contributed by atoms with van der Waals surface area (Å²) in [6.07, 6.45) is 1.20. The smallest absolute Gasteiger partial charge is 0.236 e. The van der Waals surface area contributed by atoms with Crippen LogP contribution in [0.1, 0.15) is 34.1 Å². The van der Waals surface area contributed by atoms with E-state index in [2.05, 4.69) is 35.9 Å². The molecule has 0 saturated carbocycles. The molecule has 1 N–H and O–H groups in total. The molecule has 9 heteroatoms. The number of amides is 1. The topological polar surface area (TPSA) is 69.6 Å². The van der Waals surface area contributed by atoms with E-state index in [-0.39, 0.29) is 36.0 Å². The molecule has 1 atom stereocenters. The number of carbonyl (C=O) groups is 1. The predicted molar refractivity (Wildman–Crippen MR) is 132 cm³/mol. The van der Waals surface area contributed by atoms with E-state index >= 15 is 0 Å². The zero-order valence-electron chi connectivity index (χ0n) is 19.3. The van der Waals surface area contributed by atoms with Crippen LogP contribution >= 0.6 is 24.0 Å². The van der Waals surface area contributed by atoms with Crippen LogP contribution in [0.2, 0.25) is 0 Å². The average molecular weight is 540 g/mol. The molecule has 30 heavy (non-hydrogen) atoms. The first kappa shape index (κ1) is 27.4. The molecule has 2 saturated heterocycles. The lowest BCUT2D eigenvalue weighted by Crippen LogP contribution is -2.55. The van der Waals surface area contributed by atoms with Crippen molar-refractivity contribution in [2.75, 3.05) is 78.7 Å². The van der Waals surface area contributed by atoms with Crippen LogP contribution < -0.4 is 5.32 Å². The summed E-state index contributed by atoms with van der Waals surface area (Å²) < 4.78 is 11.2. The number of aliphatic imine (C=N–C) groups is 1. The second-order valence-electron chi connectivity index (χ2n) is 8.02. The second-order valence-corrected chi connectivity index (χ2v) is 8.02. The fourth-order valence-corrected chi connectivity index (χ4v) is 3.77. The van der Waals surface area contributed by atoms with Gasteiger partial charge in [-0.2, -0.15) is 0 Å². The number of carbonyl (C=O) groups excluding carboxylic acids is 1. The molecule has 176 valence electrons. The first-order valence-electron chi connectivity index (χ1n) is 11.3. The summed E-state index contributed by atoms with van der Waals surface area (Å²) in [4.78, 5) is 23.8. The monoisotopic (exact) mass is 539 g/mol. The van der Waals surface area contributed by atoms with Crippen LogP contribution in [-0.2, 0) is 14.3 Å². The number of hydrogen-bond acceptors (Lipinski definition) is 5. The summed E-state index contributed by atoms with van der Waals surface area (Å²) in [5.41, 5.74) is 0. The molecule has 2 aliphatic rings. The minimum Gasteiger partial charge on any atom is -0.378 e. The molecule has 1 unspecified atom stereocenters. The molecule has 0 aromatic carbocycles. The predicted octanol–water partition coefficient (Wildman–Crippen LogP) is 1.50. The molecule has 2 rings (SSSR count). The van der Waals surface area contributed by atoms with Crippen molar-refractivity contribution in [2.45, 2.75) is 40.2 Å². The van der Waals surface area contributed by atoms with Crippen molar-refractivity contribution >= 4 is 35.8 Å². The minimum absolute atomic E-state index is 0. The van der Waals surface area contributed by atoms with Gasteiger partial charge in [-0.1, -0.05) is 13.8 Å². The number of ether oxygens (including phenoxy) is 2. The van der Waals surface area contributed by atoms with E-state index < -0.39 is 0 Å². The molecule has 8 nitrogen and oxygen atoms in total. The van der Waals surface area contributed by atoms with Crippen molar-refractivity contribution in [1.29, 1.82) is 0 Å². The van der Waals surface area contributed by atoms with E-state index in [1.54, 1.807) is 0 Å². The van der Waals surface area contributed by atoms with Gasteiger partial charge >= 0.3 is 0 Å². The average Bonchev–Trinajstić information content (AvgIpc) is 2.73. The minimum atomic E-state index is 0. The zero-order chi connectivity index (χ0) is 21.1. The van der Waals surface area contributed by atoms with Crippen molar-refractivity contribution in [1.82, 2.24) is 20.0 Å². The van der Waals surface area contributed by atoms with Crippen LogP contribution in [0.25, 0.3) is 0 Å². The molecule has 0 aromatic heterocycles. The Hall–Kier alpha value is -0.650. The molecule has 1 amide bonds. The number of piperazine rings is 1. The van der Waals surface area contributed by atoms with Crippen molar-refractivity contribution in [3.8, 4) is 0 Å². The third-order valence-corrected chi connectivity index (χ3v) is 5.53. The van der Waals surface area contributed by atoms with Gasteiger partial charge in [-0.3, -0.25) is 14.7 Å². The van der Waals surface area contributed by atoms with Gasteiger partial charge in [0.25, 0.3) is 0 Å². The molecule has 0 spiro atoms. The van der Waals surface area contributed by atoms with Gasteiger partial charge in [0.2, 0.25) is 5.91 Å². The quantitative estimate of drug-likeness (QED) is 0.272. The van der Waals surface area contributed by atoms with Crippen LogP contribution in [0.5, 0.6) is 0 Å². The van der Waals surface area contributed by atoms with Crippen molar-refractivity contribution < 1.29 is 14.3 Å². The molecule has 0 radical (unpaired) electrons. The summed E-state index contributed by atoms with van der Waals surface area (Å²) >= 11 is 0. The van der Waals surface area contributed by atoms with Crippen LogP contribution in [-0.4, -0.2) is 111 Å². The Morgan fingerprint density at radius 3 is 2.30 bits per heavy atom. The Labute approximate surface area is 199 Å². The molecular weight excluding hydrogens is 497 g/mol. The van der Waals surface area contributed by atoms with Gasteiger partial charge < -0.3 is 24.6 Å².